The molecule has 11 rings (SSSR count). The smallest absolute Gasteiger partial charge is 0.137 e. The number of nitrogens with zero attached hydrogens (tertiary/aromatic N) is 3. The summed E-state index contributed by atoms with van der Waals surface area (Å²) in [7, 11) is 0. The Labute approximate surface area is 313 Å². The Bertz CT molecular complexity index is 3010. The molecule has 0 fully saturated rings. The van der Waals surface area contributed by atoms with Crippen molar-refractivity contribution >= 4 is 60.0 Å². The molecule has 0 aliphatic rings. The summed E-state index contributed by atoms with van der Waals surface area (Å²) in [5.74, 6) is 0. The molecule has 5 heterocycles. The Hall–Kier alpha value is -6.13. The van der Waals surface area contributed by atoms with E-state index in [1.165, 1.54) is 43.8 Å². The summed E-state index contributed by atoms with van der Waals surface area (Å²) >= 11 is 0. The predicted octanol–water partition coefficient (Wildman–Crippen LogP) is 12.1. The zero-order valence-corrected chi connectivity index (χ0v) is 30.5. The zero-order chi connectivity index (χ0) is 33.9. The SMILES string of the molecule is Cc1ccc(-c2[c-]cccc2)nc1.[Ir].[c-]1cc2c(cc1-c1ccccn1)c1cc(-c3ccccc3)cc3c4cc5c(cc4n2c13)oc1ccccc15. The number of aromatic nitrogens is 3. The first-order valence-electron chi connectivity index (χ1n) is 17.1. The average molecular weight is 844 g/mol. The number of rotatable bonds is 3. The maximum Gasteiger partial charge on any atom is 0.137 e. The predicted molar refractivity (Wildman–Crippen MR) is 209 cm³/mol. The van der Waals surface area contributed by atoms with E-state index < -0.39 is 0 Å². The summed E-state index contributed by atoms with van der Waals surface area (Å²) in [6.45, 7) is 2.03. The fourth-order valence-electron chi connectivity index (χ4n) is 7.35. The van der Waals surface area contributed by atoms with Crippen molar-refractivity contribution in [2.45, 2.75) is 6.92 Å². The van der Waals surface area contributed by atoms with Gasteiger partial charge in [0.15, 0.2) is 0 Å². The van der Waals surface area contributed by atoms with E-state index in [4.69, 9.17) is 4.42 Å². The minimum Gasteiger partial charge on any atom is -0.456 e. The number of furan rings is 1. The molecule has 0 spiro atoms. The molecule has 0 saturated heterocycles. The van der Waals surface area contributed by atoms with Gasteiger partial charge in [-0.05, 0) is 76.2 Å². The first-order chi connectivity index (χ1) is 25.2. The third-order valence-electron chi connectivity index (χ3n) is 9.76. The van der Waals surface area contributed by atoms with Crippen LogP contribution in [0.1, 0.15) is 5.56 Å². The number of pyridine rings is 2. The van der Waals surface area contributed by atoms with Crippen molar-refractivity contribution in [3.05, 3.63) is 176 Å². The van der Waals surface area contributed by atoms with Crippen molar-refractivity contribution in [3.8, 4) is 33.6 Å². The normalized spacial score (nSPS) is 11.4. The molecule has 0 saturated carbocycles. The summed E-state index contributed by atoms with van der Waals surface area (Å²) in [6, 6.07) is 57.1. The van der Waals surface area contributed by atoms with E-state index in [0.29, 0.717) is 0 Å². The molecule has 5 heteroatoms. The first kappa shape index (κ1) is 31.8. The maximum absolute atomic E-state index is 6.30. The van der Waals surface area contributed by atoms with E-state index in [2.05, 4.69) is 111 Å². The summed E-state index contributed by atoms with van der Waals surface area (Å²) in [5, 5.41) is 7.22. The van der Waals surface area contributed by atoms with Crippen LogP contribution in [0.5, 0.6) is 0 Å². The third kappa shape index (κ3) is 5.25. The van der Waals surface area contributed by atoms with Crippen molar-refractivity contribution in [1.29, 1.82) is 0 Å². The zero-order valence-electron chi connectivity index (χ0n) is 28.1. The van der Waals surface area contributed by atoms with Crippen LogP contribution < -0.4 is 0 Å². The van der Waals surface area contributed by atoms with Gasteiger partial charge < -0.3 is 18.8 Å². The molecule has 1 radical (unpaired) electrons. The fourth-order valence-corrected chi connectivity index (χ4v) is 7.35. The van der Waals surface area contributed by atoms with Gasteiger partial charge in [0.25, 0.3) is 0 Å². The molecule has 6 aromatic carbocycles. The topological polar surface area (TPSA) is 43.3 Å². The van der Waals surface area contributed by atoms with Gasteiger partial charge in [-0.2, -0.15) is 0 Å². The molecule has 249 valence electrons. The van der Waals surface area contributed by atoms with Gasteiger partial charge in [-0.25, -0.2) is 0 Å². The molecule has 0 unspecified atom stereocenters. The molecular weight excluding hydrogens is 815 g/mol. The van der Waals surface area contributed by atoms with Crippen LogP contribution in [-0.4, -0.2) is 14.4 Å². The Balaban J connectivity index is 0.000000219. The van der Waals surface area contributed by atoms with Gasteiger partial charge in [0, 0.05) is 65.6 Å². The minimum absolute atomic E-state index is 0. The van der Waals surface area contributed by atoms with E-state index in [-0.39, 0.29) is 20.1 Å². The van der Waals surface area contributed by atoms with Crippen LogP contribution in [0.3, 0.4) is 0 Å². The van der Waals surface area contributed by atoms with Gasteiger partial charge in [0.1, 0.15) is 11.2 Å². The van der Waals surface area contributed by atoms with Gasteiger partial charge in [0.05, 0.1) is 5.52 Å². The van der Waals surface area contributed by atoms with Gasteiger partial charge in [0.2, 0.25) is 0 Å². The monoisotopic (exact) mass is 844 g/mol. The number of hydrogen-bond donors (Lipinski definition) is 0. The Kier molecular flexibility index (Phi) is 7.88. The number of para-hydroxylation sites is 1. The van der Waals surface area contributed by atoms with Crippen LogP contribution in [0.4, 0.5) is 0 Å². The summed E-state index contributed by atoms with van der Waals surface area (Å²) < 4.78 is 8.69. The molecule has 5 aromatic heterocycles. The van der Waals surface area contributed by atoms with E-state index in [0.717, 1.165) is 55.5 Å². The van der Waals surface area contributed by atoms with Crippen molar-refractivity contribution < 1.29 is 24.5 Å². The number of fused-ring (bicyclic) bond motifs is 9. The number of benzene rings is 6. The third-order valence-corrected chi connectivity index (χ3v) is 9.76. The molecule has 0 N–H and O–H groups in total. The van der Waals surface area contributed by atoms with Gasteiger partial charge in [-0.15, -0.1) is 59.7 Å². The molecular formula is C47H29IrN3O-2. The van der Waals surface area contributed by atoms with Crippen LogP contribution >= 0.6 is 0 Å². The largest absolute Gasteiger partial charge is 0.456 e. The second kappa shape index (κ2) is 12.9. The molecule has 0 aliphatic carbocycles. The average Bonchev–Trinajstić information content (AvgIpc) is 3.84. The molecule has 0 aliphatic heterocycles. The Morgan fingerprint density at radius 2 is 1.31 bits per heavy atom. The van der Waals surface area contributed by atoms with Crippen LogP contribution in [0.2, 0.25) is 0 Å². The van der Waals surface area contributed by atoms with Crippen molar-refractivity contribution in [1.82, 2.24) is 14.4 Å². The summed E-state index contributed by atoms with van der Waals surface area (Å²) in [4.78, 5) is 8.90. The summed E-state index contributed by atoms with van der Waals surface area (Å²) in [6.07, 6.45) is 3.70. The minimum atomic E-state index is 0. The van der Waals surface area contributed by atoms with Crippen molar-refractivity contribution in [2.75, 3.05) is 0 Å². The van der Waals surface area contributed by atoms with E-state index in [9.17, 15) is 0 Å². The van der Waals surface area contributed by atoms with E-state index in [1.807, 2.05) is 80.0 Å². The van der Waals surface area contributed by atoms with Crippen LogP contribution in [-0.2, 0) is 20.1 Å². The van der Waals surface area contributed by atoms with Crippen LogP contribution in [0.15, 0.2) is 162 Å². The van der Waals surface area contributed by atoms with E-state index >= 15 is 0 Å². The summed E-state index contributed by atoms with van der Waals surface area (Å²) in [5.41, 5.74) is 12.9. The molecule has 0 atom stereocenters. The van der Waals surface area contributed by atoms with Crippen LogP contribution in [0, 0.1) is 19.1 Å². The van der Waals surface area contributed by atoms with Crippen molar-refractivity contribution in [3.63, 3.8) is 0 Å². The Morgan fingerprint density at radius 3 is 2.08 bits per heavy atom. The molecule has 52 heavy (non-hydrogen) atoms. The second-order valence-electron chi connectivity index (χ2n) is 12.9. The quantitative estimate of drug-likeness (QED) is 0.166. The fraction of sp³-hybridized carbons (Fsp3) is 0.0213. The van der Waals surface area contributed by atoms with Crippen molar-refractivity contribution in [2.24, 2.45) is 0 Å². The molecule has 11 aromatic rings. The standard InChI is InChI=1S/C35H19N2O.C12H10N.Ir/c1-2-8-21(9-3-1)23-17-28-25-16-22(30-11-6-7-15-36-30)13-14-31(25)37-32-20-34-27(19-26(32)29(18-23)35(28)37)24-10-4-5-12-33(24)38-34;1-10-7-8-12(13-9-10)11-5-3-2-4-6-11;/h1-12,14-20H;2-5,7-9H,1H3;/q2*-1;. The maximum atomic E-state index is 6.30. The van der Waals surface area contributed by atoms with Gasteiger partial charge >= 0.3 is 0 Å². The molecule has 0 amide bonds. The molecule has 0 bridgehead atoms. The first-order valence-corrected chi connectivity index (χ1v) is 17.1. The van der Waals surface area contributed by atoms with Gasteiger partial charge in [-0.1, -0.05) is 78.2 Å². The second-order valence-corrected chi connectivity index (χ2v) is 12.9. The number of aryl methyl sites for hydroxylation is 1. The molecule has 4 nitrogen and oxygen atoms in total. The van der Waals surface area contributed by atoms with E-state index in [1.54, 1.807) is 0 Å². The van der Waals surface area contributed by atoms with Gasteiger partial charge in [-0.3, -0.25) is 0 Å². The van der Waals surface area contributed by atoms with Crippen LogP contribution in [0.25, 0.3) is 93.7 Å². The number of hydrogen-bond acceptors (Lipinski definition) is 3. The Morgan fingerprint density at radius 1 is 0.538 bits per heavy atom.